The smallest absolute Gasteiger partial charge is 0.146 e. The zero-order valence-electron chi connectivity index (χ0n) is 8.92. The van der Waals surface area contributed by atoms with Gasteiger partial charge in [0.1, 0.15) is 5.82 Å². The monoisotopic (exact) mass is 196 g/mol. The SMILES string of the molecule is CCN(C)c1c(F)cccc1C(C)N. The van der Waals surface area contributed by atoms with Gasteiger partial charge in [-0.2, -0.15) is 0 Å². The molecule has 0 spiro atoms. The fourth-order valence-corrected chi connectivity index (χ4v) is 1.46. The molecule has 2 N–H and O–H groups in total. The molecule has 0 aliphatic rings. The molecule has 1 aromatic carbocycles. The molecular weight excluding hydrogens is 179 g/mol. The van der Waals surface area contributed by atoms with Crippen molar-refractivity contribution in [1.29, 1.82) is 0 Å². The third kappa shape index (κ3) is 2.04. The van der Waals surface area contributed by atoms with E-state index < -0.39 is 0 Å². The first-order chi connectivity index (χ1) is 6.57. The maximum absolute atomic E-state index is 13.6. The van der Waals surface area contributed by atoms with Crippen LogP contribution in [0.15, 0.2) is 18.2 Å². The zero-order valence-corrected chi connectivity index (χ0v) is 8.92. The first-order valence-corrected chi connectivity index (χ1v) is 4.83. The second-order valence-corrected chi connectivity index (χ2v) is 3.48. The molecule has 14 heavy (non-hydrogen) atoms. The van der Waals surface area contributed by atoms with Gasteiger partial charge in [0.2, 0.25) is 0 Å². The van der Waals surface area contributed by atoms with Gasteiger partial charge in [0.25, 0.3) is 0 Å². The molecule has 1 atom stereocenters. The fourth-order valence-electron chi connectivity index (χ4n) is 1.46. The van der Waals surface area contributed by atoms with Crippen LogP contribution < -0.4 is 10.6 Å². The average Bonchev–Trinajstić information content (AvgIpc) is 2.16. The van der Waals surface area contributed by atoms with Crippen LogP contribution in [0, 0.1) is 5.82 Å². The average molecular weight is 196 g/mol. The normalized spacial score (nSPS) is 12.6. The lowest BCUT2D eigenvalue weighted by atomic mass is 10.1. The number of halogens is 1. The van der Waals surface area contributed by atoms with Crippen molar-refractivity contribution in [3.05, 3.63) is 29.6 Å². The third-order valence-electron chi connectivity index (χ3n) is 2.36. The molecule has 3 heteroatoms. The van der Waals surface area contributed by atoms with E-state index in [1.807, 2.05) is 31.9 Å². The summed E-state index contributed by atoms with van der Waals surface area (Å²) < 4.78 is 13.6. The summed E-state index contributed by atoms with van der Waals surface area (Å²) in [6.45, 7) is 4.61. The summed E-state index contributed by atoms with van der Waals surface area (Å²) >= 11 is 0. The molecule has 0 saturated carbocycles. The number of anilines is 1. The summed E-state index contributed by atoms with van der Waals surface area (Å²) in [6.07, 6.45) is 0. The van der Waals surface area contributed by atoms with Gasteiger partial charge in [-0.1, -0.05) is 12.1 Å². The molecule has 0 bridgehead atoms. The molecule has 1 unspecified atom stereocenters. The molecule has 78 valence electrons. The fraction of sp³-hybridized carbons (Fsp3) is 0.455. The molecule has 0 amide bonds. The number of hydrogen-bond acceptors (Lipinski definition) is 2. The van der Waals surface area contributed by atoms with Gasteiger partial charge in [0.05, 0.1) is 5.69 Å². The predicted molar refractivity (Wildman–Crippen MR) is 57.9 cm³/mol. The standard InChI is InChI=1S/C11H17FN2/c1-4-14(3)11-9(8(2)13)6-5-7-10(11)12/h5-8H,4,13H2,1-3H3. The van der Waals surface area contributed by atoms with E-state index in [-0.39, 0.29) is 11.9 Å². The van der Waals surface area contributed by atoms with E-state index in [9.17, 15) is 4.39 Å². The topological polar surface area (TPSA) is 29.3 Å². The first kappa shape index (κ1) is 11.0. The minimum atomic E-state index is -0.204. The Bertz CT molecular complexity index is 310. The van der Waals surface area contributed by atoms with Crippen LogP contribution in [-0.4, -0.2) is 13.6 Å². The molecule has 0 radical (unpaired) electrons. The molecule has 1 rings (SSSR count). The molecule has 0 heterocycles. The van der Waals surface area contributed by atoms with Crippen LogP contribution in [0.3, 0.4) is 0 Å². The van der Waals surface area contributed by atoms with Crippen molar-refractivity contribution < 1.29 is 4.39 Å². The lowest BCUT2D eigenvalue weighted by Crippen LogP contribution is -2.21. The zero-order chi connectivity index (χ0) is 10.7. The van der Waals surface area contributed by atoms with Crippen molar-refractivity contribution >= 4 is 5.69 Å². The Morgan fingerprint density at radius 1 is 1.50 bits per heavy atom. The second kappa shape index (κ2) is 4.42. The molecule has 2 nitrogen and oxygen atoms in total. The Hall–Kier alpha value is -1.09. The maximum atomic E-state index is 13.6. The van der Waals surface area contributed by atoms with Crippen molar-refractivity contribution in [3.63, 3.8) is 0 Å². The van der Waals surface area contributed by atoms with E-state index in [1.54, 1.807) is 6.07 Å². The van der Waals surface area contributed by atoms with Crippen LogP contribution in [0.5, 0.6) is 0 Å². The highest BCUT2D eigenvalue weighted by Crippen LogP contribution is 2.27. The van der Waals surface area contributed by atoms with Crippen LogP contribution in [0.25, 0.3) is 0 Å². The van der Waals surface area contributed by atoms with Gasteiger partial charge in [-0.3, -0.25) is 0 Å². The minimum Gasteiger partial charge on any atom is -0.372 e. The van der Waals surface area contributed by atoms with Crippen LogP contribution in [0.4, 0.5) is 10.1 Å². The summed E-state index contributed by atoms with van der Waals surface area (Å²) in [5, 5.41) is 0. The van der Waals surface area contributed by atoms with Gasteiger partial charge in [0, 0.05) is 19.6 Å². The number of benzene rings is 1. The molecule has 0 fully saturated rings. The van der Waals surface area contributed by atoms with Crippen LogP contribution in [0.2, 0.25) is 0 Å². The number of nitrogens with zero attached hydrogens (tertiary/aromatic N) is 1. The maximum Gasteiger partial charge on any atom is 0.146 e. The van der Waals surface area contributed by atoms with E-state index in [1.165, 1.54) is 6.07 Å². The van der Waals surface area contributed by atoms with Gasteiger partial charge in [-0.15, -0.1) is 0 Å². The molecule has 0 saturated heterocycles. The predicted octanol–water partition coefficient (Wildman–Crippen LogP) is 2.30. The van der Waals surface area contributed by atoms with Crippen LogP contribution in [-0.2, 0) is 0 Å². The van der Waals surface area contributed by atoms with Gasteiger partial charge >= 0.3 is 0 Å². The highest BCUT2D eigenvalue weighted by molar-refractivity contribution is 5.55. The Morgan fingerprint density at radius 2 is 2.14 bits per heavy atom. The van der Waals surface area contributed by atoms with Gasteiger partial charge in [-0.25, -0.2) is 4.39 Å². The van der Waals surface area contributed by atoms with E-state index in [2.05, 4.69) is 0 Å². The van der Waals surface area contributed by atoms with Crippen LogP contribution >= 0.6 is 0 Å². The summed E-state index contributed by atoms with van der Waals surface area (Å²) in [7, 11) is 1.87. The first-order valence-electron chi connectivity index (χ1n) is 4.83. The van der Waals surface area contributed by atoms with Crippen molar-refractivity contribution in [2.24, 2.45) is 5.73 Å². The Balaban J connectivity index is 3.22. The molecule has 1 aromatic rings. The van der Waals surface area contributed by atoms with Gasteiger partial charge in [-0.05, 0) is 25.5 Å². The van der Waals surface area contributed by atoms with E-state index in [0.29, 0.717) is 5.69 Å². The van der Waals surface area contributed by atoms with Crippen molar-refractivity contribution in [2.45, 2.75) is 19.9 Å². The quantitative estimate of drug-likeness (QED) is 0.803. The summed E-state index contributed by atoms with van der Waals surface area (Å²) in [5.74, 6) is -0.204. The van der Waals surface area contributed by atoms with Gasteiger partial charge in [0.15, 0.2) is 0 Å². The molecule has 0 aliphatic carbocycles. The molecular formula is C11H17FN2. The van der Waals surface area contributed by atoms with E-state index >= 15 is 0 Å². The van der Waals surface area contributed by atoms with E-state index in [4.69, 9.17) is 5.73 Å². The lowest BCUT2D eigenvalue weighted by molar-refractivity contribution is 0.617. The van der Waals surface area contributed by atoms with Gasteiger partial charge < -0.3 is 10.6 Å². The third-order valence-corrected chi connectivity index (χ3v) is 2.36. The Morgan fingerprint density at radius 3 is 2.64 bits per heavy atom. The highest BCUT2D eigenvalue weighted by atomic mass is 19.1. The van der Waals surface area contributed by atoms with Crippen molar-refractivity contribution in [3.8, 4) is 0 Å². The molecule has 0 aliphatic heterocycles. The number of para-hydroxylation sites is 1. The minimum absolute atomic E-state index is 0.144. The lowest BCUT2D eigenvalue weighted by Gasteiger charge is -2.22. The second-order valence-electron chi connectivity index (χ2n) is 3.48. The van der Waals surface area contributed by atoms with Crippen LogP contribution in [0.1, 0.15) is 25.5 Å². The number of rotatable bonds is 3. The van der Waals surface area contributed by atoms with Crippen molar-refractivity contribution in [1.82, 2.24) is 0 Å². The van der Waals surface area contributed by atoms with E-state index in [0.717, 1.165) is 12.1 Å². The molecule has 0 aromatic heterocycles. The highest BCUT2D eigenvalue weighted by Gasteiger charge is 2.13. The number of hydrogen-bond donors (Lipinski definition) is 1. The van der Waals surface area contributed by atoms with Crippen molar-refractivity contribution in [2.75, 3.05) is 18.5 Å². The summed E-state index contributed by atoms with van der Waals surface area (Å²) in [6, 6.07) is 4.89. The summed E-state index contributed by atoms with van der Waals surface area (Å²) in [5.41, 5.74) is 7.25. The summed E-state index contributed by atoms with van der Waals surface area (Å²) in [4.78, 5) is 1.87. The Labute approximate surface area is 84.5 Å². The Kier molecular flexibility index (Phi) is 3.47. The number of nitrogens with two attached hydrogens (primary N) is 1. The largest absolute Gasteiger partial charge is 0.372 e.